The van der Waals surface area contributed by atoms with E-state index in [0.717, 1.165) is 5.92 Å². The fourth-order valence-electron chi connectivity index (χ4n) is 2.18. The standard InChI is InChI=1S/C10H15Si.Ti/c11-7-9-6-5-8-3-1-2-4-10(8)9;/h5,9H,1-4,7H2,11H3;/q-1;. The predicted octanol–water partition coefficient (Wildman–Crippen LogP) is 1.63. The molecule has 0 fully saturated rings. The molecular weight excluding hydrogens is 196 g/mol. The average molecular weight is 211 g/mol. The van der Waals surface area contributed by atoms with Gasteiger partial charge in [-0.05, 0) is 6.42 Å². The second kappa shape index (κ2) is 4.59. The van der Waals surface area contributed by atoms with Crippen LogP contribution < -0.4 is 0 Å². The minimum Gasteiger partial charge on any atom is -0.269 e. The fraction of sp³-hybridized carbons (Fsp3) is 0.600. The van der Waals surface area contributed by atoms with Crippen molar-refractivity contribution >= 4 is 10.2 Å². The molecule has 0 saturated carbocycles. The minimum atomic E-state index is 0. The zero-order valence-electron chi connectivity index (χ0n) is 7.69. The molecule has 0 aromatic heterocycles. The van der Waals surface area contributed by atoms with Crippen LogP contribution in [0.4, 0.5) is 0 Å². The van der Waals surface area contributed by atoms with E-state index in [-0.39, 0.29) is 21.7 Å². The van der Waals surface area contributed by atoms with Crippen LogP contribution in [0.3, 0.4) is 0 Å². The molecule has 2 rings (SSSR count). The Morgan fingerprint density at radius 2 is 2.17 bits per heavy atom. The molecule has 0 bridgehead atoms. The zero-order valence-corrected chi connectivity index (χ0v) is 11.3. The smallest absolute Gasteiger partial charge is 0.00194 e. The van der Waals surface area contributed by atoms with Gasteiger partial charge in [-0.25, -0.2) is 6.08 Å². The monoisotopic (exact) mass is 211 g/mol. The third kappa shape index (κ3) is 1.84. The van der Waals surface area contributed by atoms with Crippen molar-refractivity contribution in [3.05, 3.63) is 23.3 Å². The van der Waals surface area contributed by atoms with Crippen molar-refractivity contribution < 1.29 is 21.7 Å². The Hall–Kier alpha value is 0.411. The summed E-state index contributed by atoms with van der Waals surface area (Å²) in [6.45, 7) is 0. The van der Waals surface area contributed by atoms with E-state index in [1.807, 2.05) is 0 Å². The maximum absolute atomic E-state index is 3.48. The minimum absolute atomic E-state index is 0. The number of allylic oxidation sites excluding steroid dienone is 4. The summed E-state index contributed by atoms with van der Waals surface area (Å²) in [7, 11) is 1.33. The second-order valence-electron chi connectivity index (χ2n) is 3.53. The van der Waals surface area contributed by atoms with E-state index < -0.39 is 0 Å². The van der Waals surface area contributed by atoms with Crippen LogP contribution in [0.25, 0.3) is 0 Å². The van der Waals surface area contributed by atoms with Crippen LogP contribution in [0.15, 0.2) is 17.2 Å². The van der Waals surface area contributed by atoms with E-state index >= 15 is 0 Å². The van der Waals surface area contributed by atoms with E-state index in [4.69, 9.17) is 0 Å². The first-order chi connectivity index (χ1) is 5.42. The topological polar surface area (TPSA) is 0 Å². The summed E-state index contributed by atoms with van der Waals surface area (Å²) in [5.41, 5.74) is 3.38. The molecule has 0 aromatic carbocycles. The molecule has 0 amide bonds. The molecule has 0 aromatic rings. The largest absolute Gasteiger partial charge is 0.269 e. The van der Waals surface area contributed by atoms with Gasteiger partial charge in [-0.15, -0.1) is 0 Å². The van der Waals surface area contributed by atoms with Crippen LogP contribution in [0.2, 0.25) is 6.04 Å². The summed E-state index contributed by atoms with van der Waals surface area (Å²) in [6, 6.07) is 1.38. The first kappa shape index (κ1) is 10.5. The molecular formula is C10H15SiTi-. The van der Waals surface area contributed by atoms with Crippen LogP contribution in [0, 0.1) is 12.0 Å². The van der Waals surface area contributed by atoms with Crippen molar-refractivity contribution in [1.29, 1.82) is 0 Å². The maximum Gasteiger partial charge on any atom is 0.00194 e. The Kier molecular flexibility index (Phi) is 4.02. The summed E-state index contributed by atoms with van der Waals surface area (Å²) in [5.74, 6) is 0.747. The van der Waals surface area contributed by atoms with Crippen molar-refractivity contribution in [2.45, 2.75) is 31.7 Å². The zero-order chi connectivity index (χ0) is 7.68. The van der Waals surface area contributed by atoms with Gasteiger partial charge in [0, 0.05) is 32.0 Å². The molecule has 1 unspecified atom stereocenters. The van der Waals surface area contributed by atoms with Gasteiger partial charge in [-0.1, -0.05) is 31.2 Å². The van der Waals surface area contributed by atoms with Crippen molar-refractivity contribution in [1.82, 2.24) is 0 Å². The van der Waals surface area contributed by atoms with Crippen LogP contribution in [0.5, 0.6) is 0 Å². The van der Waals surface area contributed by atoms with Gasteiger partial charge >= 0.3 is 0 Å². The van der Waals surface area contributed by atoms with Gasteiger partial charge in [0.05, 0.1) is 0 Å². The molecule has 0 heterocycles. The van der Waals surface area contributed by atoms with Crippen molar-refractivity contribution in [2.75, 3.05) is 0 Å². The molecule has 1 atom stereocenters. The second-order valence-corrected chi connectivity index (χ2v) is 4.35. The third-order valence-electron chi connectivity index (χ3n) is 2.84. The van der Waals surface area contributed by atoms with Gasteiger partial charge in [-0.2, -0.15) is 11.1 Å². The average Bonchev–Trinajstić information content (AvgIpc) is 2.47. The molecule has 0 N–H and O–H groups in total. The molecule has 2 aliphatic rings. The Bertz CT molecular complexity index is 218. The maximum atomic E-state index is 3.48. The normalized spacial score (nSPS) is 27.2. The predicted molar refractivity (Wildman–Crippen MR) is 51.5 cm³/mol. The van der Waals surface area contributed by atoms with E-state index in [1.54, 1.807) is 11.1 Å². The van der Waals surface area contributed by atoms with Crippen molar-refractivity contribution in [2.24, 2.45) is 5.92 Å². The van der Waals surface area contributed by atoms with Gasteiger partial charge in [0.1, 0.15) is 0 Å². The van der Waals surface area contributed by atoms with Crippen LogP contribution >= 0.6 is 0 Å². The summed E-state index contributed by atoms with van der Waals surface area (Å²) in [4.78, 5) is 0. The summed E-state index contributed by atoms with van der Waals surface area (Å²) >= 11 is 0. The van der Waals surface area contributed by atoms with E-state index in [2.05, 4.69) is 12.2 Å². The summed E-state index contributed by atoms with van der Waals surface area (Å²) in [5, 5.41) is 0. The van der Waals surface area contributed by atoms with Gasteiger partial charge in [0.25, 0.3) is 0 Å². The Morgan fingerprint density at radius 3 is 2.92 bits per heavy atom. The van der Waals surface area contributed by atoms with E-state index in [9.17, 15) is 0 Å². The van der Waals surface area contributed by atoms with Crippen molar-refractivity contribution in [3.8, 4) is 0 Å². The molecule has 0 aliphatic heterocycles. The molecule has 0 saturated heterocycles. The van der Waals surface area contributed by atoms with Gasteiger partial charge in [0.2, 0.25) is 0 Å². The number of hydrogen-bond acceptors (Lipinski definition) is 0. The summed E-state index contributed by atoms with van der Waals surface area (Å²) in [6.07, 6.45) is 11.3. The molecule has 0 nitrogen and oxygen atoms in total. The molecule has 2 heteroatoms. The molecule has 64 valence electrons. The van der Waals surface area contributed by atoms with Crippen LogP contribution in [-0.4, -0.2) is 10.2 Å². The van der Waals surface area contributed by atoms with Gasteiger partial charge in [0.15, 0.2) is 0 Å². The SMILES string of the molecule is [SiH3]CC1[C-]=CC2=C1CCCC2.[Ti]. The number of rotatable bonds is 1. The van der Waals surface area contributed by atoms with E-state index in [1.165, 1.54) is 42.0 Å². The quantitative estimate of drug-likeness (QED) is 0.457. The Morgan fingerprint density at radius 1 is 1.42 bits per heavy atom. The first-order valence-electron chi connectivity index (χ1n) is 4.73. The fourth-order valence-corrected chi connectivity index (χ4v) is 2.91. The molecule has 0 spiro atoms. The Balaban J connectivity index is 0.000000720. The van der Waals surface area contributed by atoms with Crippen LogP contribution in [-0.2, 0) is 21.7 Å². The Labute approximate surface area is 92.8 Å². The van der Waals surface area contributed by atoms with Gasteiger partial charge < -0.3 is 0 Å². The van der Waals surface area contributed by atoms with E-state index in [0.29, 0.717) is 0 Å². The first-order valence-corrected chi connectivity index (χ1v) is 6.14. The molecule has 0 radical (unpaired) electrons. The summed E-state index contributed by atoms with van der Waals surface area (Å²) < 4.78 is 0. The third-order valence-corrected chi connectivity index (χ3v) is 3.66. The number of hydrogen-bond donors (Lipinski definition) is 0. The van der Waals surface area contributed by atoms with Crippen LogP contribution in [0.1, 0.15) is 25.7 Å². The van der Waals surface area contributed by atoms with Gasteiger partial charge in [-0.3, -0.25) is 6.08 Å². The molecule has 12 heavy (non-hydrogen) atoms. The molecule has 2 aliphatic carbocycles. The van der Waals surface area contributed by atoms with Crippen molar-refractivity contribution in [3.63, 3.8) is 0 Å².